The first-order valence-electron chi connectivity index (χ1n) is 9.91. The van der Waals surface area contributed by atoms with Crippen molar-refractivity contribution in [1.29, 1.82) is 0 Å². The van der Waals surface area contributed by atoms with Crippen molar-refractivity contribution in [1.82, 2.24) is 19.7 Å². The van der Waals surface area contributed by atoms with E-state index in [1.54, 1.807) is 37.7 Å². The minimum absolute atomic E-state index is 0.221. The Hall–Kier alpha value is -4.27. The third-order valence-electron chi connectivity index (χ3n) is 5.08. The molecule has 4 aromatic rings. The normalized spacial score (nSPS) is 11.7. The number of nitrogens with two attached hydrogens (primary N) is 2. The standard InChI is InChI=1S/C23H22FN7O/c1-14(16-11-29-31(12-16)19-9-4-3-8-18(19)24)30-23-20(22(26)27-13-28-23)21(25)15-6-5-7-17(10-15)32-2/h3-14,25H,1-2H3,(H3,26,27,28,30)/p+1. The number of rotatable bonds is 7. The fourth-order valence-electron chi connectivity index (χ4n) is 3.33. The zero-order valence-corrected chi connectivity index (χ0v) is 17.7. The number of benzene rings is 2. The molecule has 0 aliphatic rings. The second-order valence-corrected chi connectivity index (χ2v) is 7.16. The van der Waals surface area contributed by atoms with Gasteiger partial charge in [0.05, 0.1) is 24.9 Å². The van der Waals surface area contributed by atoms with Crippen molar-refractivity contribution < 1.29 is 14.5 Å². The third-order valence-corrected chi connectivity index (χ3v) is 5.08. The second-order valence-electron chi connectivity index (χ2n) is 7.16. The average Bonchev–Trinajstić information content (AvgIpc) is 3.29. The molecule has 0 fully saturated rings. The molecule has 1 atom stereocenters. The van der Waals surface area contributed by atoms with E-state index < -0.39 is 0 Å². The Morgan fingerprint density at radius 3 is 2.78 bits per heavy atom. The van der Waals surface area contributed by atoms with Gasteiger partial charge in [-0.15, -0.1) is 0 Å². The molecule has 0 amide bonds. The zero-order chi connectivity index (χ0) is 22.7. The summed E-state index contributed by atoms with van der Waals surface area (Å²) in [6.07, 6.45) is 4.80. The van der Waals surface area contributed by atoms with Crippen LogP contribution in [0.1, 0.15) is 29.7 Å². The van der Waals surface area contributed by atoms with Crippen LogP contribution in [0.15, 0.2) is 67.3 Å². The Labute approximate surface area is 184 Å². The van der Waals surface area contributed by atoms with Gasteiger partial charge in [-0.2, -0.15) is 5.10 Å². The molecule has 0 radical (unpaired) electrons. The minimum atomic E-state index is -0.353. The van der Waals surface area contributed by atoms with Crippen LogP contribution in [-0.2, 0) is 0 Å². The predicted octanol–water partition coefficient (Wildman–Crippen LogP) is 2.16. The van der Waals surface area contributed by atoms with E-state index in [9.17, 15) is 4.39 Å². The van der Waals surface area contributed by atoms with Gasteiger partial charge in [0.25, 0.3) is 0 Å². The fourth-order valence-corrected chi connectivity index (χ4v) is 3.33. The largest absolute Gasteiger partial charge is 0.497 e. The quantitative estimate of drug-likeness (QED) is 0.386. The molecule has 2 heterocycles. The SMILES string of the molecule is COc1cccc(C(=[NH2+])c2c(N)ncnc2NC(C)c2cnn(-c3ccccc3F)c2)c1. The van der Waals surface area contributed by atoms with Crippen molar-refractivity contribution in [3.8, 4) is 11.4 Å². The molecular formula is C23H23FN7O+. The van der Waals surface area contributed by atoms with Crippen LogP contribution in [0.2, 0.25) is 0 Å². The van der Waals surface area contributed by atoms with Crippen LogP contribution in [0, 0.1) is 5.82 Å². The second kappa shape index (κ2) is 8.84. The summed E-state index contributed by atoms with van der Waals surface area (Å²) in [5, 5.41) is 14.1. The maximum absolute atomic E-state index is 14.1. The summed E-state index contributed by atoms with van der Waals surface area (Å²) in [7, 11) is 1.59. The van der Waals surface area contributed by atoms with Gasteiger partial charge < -0.3 is 15.8 Å². The molecule has 9 heteroatoms. The number of methoxy groups -OCH3 is 1. The highest BCUT2D eigenvalue weighted by Gasteiger charge is 2.23. The predicted molar refractivity (Wildman–Crippen MR) is 120 cm³/mol. The van der Waals surface area contributed by atoms with Gasteiger partial charge in [0.15, 0.2) is 0 Å². The van der Waals surface area contributed by atoms with Gasteiger partial charge in [-0.3, -0.25) is 5.41 Å². The number of hydrogen-bond donors (Lipinski definition) is 3. The molecule has 0 spiro atoms. The summed E-state index contributed by atoms with van der Waals surface area (Å²) >= 11 is 0. The van der Waals surface area contributed by atoms with E-state index in [0.717, 1.165) is 11.1 Å². The topological polar surface area (TPSA) is 116 Å². The molecule has 162 valence electrons. The molecule has 5 N–H and O–H groups in total. The number of anilines is 2. The molecule has 2 aromatic carbocycles. The number of para-hydroxylation sites is 1. The van der Waals surface area contributed by atoms with Gasteiger partial charge in [0.2, 0.25) is 5.71 Å². The Morgan fingerprint density at radius 2 is 2.00 bits per heavy atom. The molecule has 0 aliphatic carbocycles. The Kier molecular flexibility index (Phi) is 5.80. The van der Waals surface area contributed by atoms with Crippen LogP contribution in [0.5, 0.6) is 5.75 Å². The van der Waals surface area contributed by atoms with E-state index in [-0.39, 0.29) is 17.7 Å². The van der Waals surface area contributed by atoms with Crippen molar-refractivity contribution in [3.63, 3.8) is 0 Å². The maximum Gasteiger partial charge on any atom is 0.218 e. The van der Waals surface area contributed by atoms with Crippen molar-refractivity contribution >= 4 is 17.3 Å². The monoisotopic (exact) mass is 432 g/mol. The molecule has 2 aromatic heterocycles. The Balaban J connectivity index is 1.62. The van der Waals surface area contributed by atoms with E-state index in [1.165, 1.54) is 17.1 Å². The van der Waals surface area contributed by atoms with Crippen LogP contribution in [0.4, 0.5) is 16.0 Å². The number of ether oxygens (including phenoxy) is 1. The number of nitrogens with zero attached hydrogens (tertiary/aromatic N) is 4. The van der Waals surface area contributed by atoms with Gasteiger partial charge >= 0.3 is 0 Å². The van der Waals surface area contributed by atoms with Crippen molar-refractivity contribution in [2.45, 2.75) is 13.0 Å². The highest BCUT2D eigenvalue weighted by Crippen LogP contribution is 2.26. The summed E-state index contributed by atoms with van der Waals surface area (Å²) in [4.78, 5) is 8.45. The van der Waals surface area contributed by atoms with E-state index >= 15 is 0 Å². The molecule has 8 nitrogen and oxygen atoms in total. The average molecular weight is 432 g/mol. The fraction of sp³-hybridized carbons (Fsp3) is 0.130. The lowest BCUT2D eigenvalue weighted by atomic mass is 10.0. The van der Waals surface area contributed by atoms with Gasteiger partial charge in [0, 0.05) is 11.8 Å². The summed E-state index contributed by atoms with van der Waals surface area (Å²) < 4.78 is 20.9. The highest BCUT2D eigenvalue weighted by atomic mass is 19.1. The molecule has 0 saturated carbocycles. The van der Waals surface area contributed by atoms with E-state index in [0.29, 0.717) is 28.5 Å². The molecule has 1 unspecified atom stereocenters. The third kappa shape index (κ3) is 4.13. The number of nitrogen functional groups attached to an aromatic ring is 1. The summed E-state index contributed by atoms with van der Waals surface area (Å²) in [5.41, 5.74) is 9.00. The van der Waals surface area contributed by atoms with Crippen molar-refractivity contribution in [2.24, 2.45) is 0 Å². The molecule has 0 aliphatic heterocycles. The van der Waals surface area contributed by atoms with Crippen LogP contribution in [0.3, 0.4) is 0 Å². The molecule has 32 heavy (non-hydrogen) atoms. The van der Waals surface area contributed by atoms with Gasteiger partial charge in [-0.05, 0) is 37.3 Å². The number of halogens is 1. The Morgan fingerprint density at radius 1 is 1.19 bits per heavy atom. The first-order valence-corrected chi connectivity index (χ1v) is 9.91. The van der Waals surface area contributed by atoms with Crippen LogP contribution in [-0.4, -0.2) is 32.6 Å². The molecule has 0 saturated heterocycles. The summed E-state index contributed by atoms with van der Waals surface area (Å²) in [5.74, 6) is 1.04. The van der Waals surface area contributed by atoms with E-state index in [4.69, 9.17) is 15.9 Å². The summed E-state index contributed by atoms with van der Waals surface area (Å²) in [6.45, 7) is 1.94. The lowest BCUT2D eigenvalue weighted by Crippen LogP contribution is -2.42. The summed E-state index contributed by atoms with van der Waals surface area (Å²) in [6, 6.07) is 13.6. The highest BCUT2D eigenvalue weighted by molar-refractivity contribution is 6.14. The molecule has 4 rings (SSSR count). The van der Waals surface area contributed by atoms with Crippen molar-refractivity contribution in [3.05, 3.63) is 89.8 Å². The number of hydrogen-bond acceptors (Lipinski definition) is 6. The van der Waals surface area contributed by atoms with Crippen molar-refractivity contribution in [2.75, 3.05) is 18.2 Å². The number of aromatic nitrogens is 4. The van der Waals surface area contributed by atoms with Crippen LogP contribution in [0.25, 0.3) is 5.69 Å². The van der Waals surface area contributed by atoms with Crippen LogP contribution >= 0.6 is 0 Å². The number of nitrogens with one attached hydrogen (secondary N) is 1. The smallest absolute Gasteiger partial charge is 0.218 e. The van der Waals surface area contributed by atoms with Gasteiger partial charge in [0.1, 0.15) is 40.8 Å². The minimum Gasteiger partial charge on any atom is -0.497 e. The molecule has 0 bridgehead atoms. The van der Waals surface area contributed by atoms with E-state index in [2.05, 4.69) is 20.4 Å². The maximum atomic E-state index is 14.1. The van der Waals surface area contributed by atoms with Gasteiger partial charge in [-0.25, -0.2) is 19.0 Å². The van der Waals surface area contributed by atoms with Gasteiger partial charge in [-0.1, -0.05) is 18.2 Å². The first-order chi connectivity index (χ1) is 15.5. The lowest BCUT2D eigenvalue weighted by molar-refractivity contribution is -0.111. The lowest BCUT2D eigenvalue weighted by Gasteiger charge is -2.16. The van der Waals surface area contributed by atoms with E-state index in [1.807, 2.05) is 31.2 Å². The zero-order valence-electron chi connectivity index (χ0n) is 17.7. The molecular weight excluding hydrogens is 409 g/mol. The first kappa shape index (κ1) is 21.0. The Bertz CT molecular complexity index is 1270. The van der Waals surface area contributed by atoms with Crippen LogP contribution < -0.4 is 21.2 Å².